The Morgan fingerprint density at radius 1 is 1.53 bits per heavy atom. The molecule has 6 heteroatoms. The molecular weight excluding hydrogens is 246 g/mol. The molecule has 0 amide bonds. The van der Waals surface area contributed by atoms with Gasteiger partial charge in [0.2, 0.25) is 0 Å². The predicted octanol–water partition coefficient (Wildman–Crippen LogP) is 1.06. The average Bonchev–Trinajstić information content (AvgIpc) is 2.27. The molecule has 1 rings (SSSR count). The van der Waals surface area contributed by atoms with Crippen LogP contribution in [0.2, 0.25) is 0 Å². The molecule has 0 aliphatic heterocycles. The Labute approximate surface area is 112 Å². The number of nitrogens with zero attached hydrogens (tertiary/aromatic N) is 2. The number of hydrogen-bond acceptors (Lipinski definition) is 5. The van der Waals surface area contributed by atoms with Gasteiger partial charge in [-0.05, 0) is 19.3 Å². The lowest BCUT2D eigenvalue weighted by Crippen LogP contribution is -2.39. The van der Waals surface area contributed by atoms with Gasteiger partial charge < -0.3 is 15.5 Å². The molecule has 0 fully saturated rings. The Balaban J connectivity index is 2.56. The molecule has 0 aliphatic rings. The summed E-state index contributed by atoms with van der Waals surface area (Å²) in [4.78, 5) is 18.6. The van der Waals surface area contributed by atoms with Crippen molar-refractivity contribution < 1.29 is 15.0 Å². The van der Waals surface area contributed by atoms with Crippen molar-refractivity contribution >= 4 is 5.97 Å². The highest BCUT2D eigenvalue weighted by Gasteiger charge is 2.21. The highest BCUT2D eigenvalue weighted by Crippen LogP contribution is 2.15. The lowest BCUT2D eigenvalue weighted by molar-refractivity contribution is 0.0382. The van der Waals surface area contributed by atoms with Crippen LogP contribution in [-0.4, -0.2) is 38.3 Å². The Kier molecular flexibility index (Phi) is 5.38. The molecule has 19 heavy (non-hydrogen) atoms. The average molecular weight is 267 g/mol. The van der Waals surface area contributed by atoms with E-state index in [1.165, 1.54) is 12.5 Å². The standard InChI is InChI=1S/C13H21N3O3/c1-9(2)4-13(3,19)7-14-6-11-10(12(17)18)5-15-8-16-11/h5,8-9,14,19H,4,6-7H2,1-3H3,(H,17,18). The zero-order valence-electron chi connectivity index (χ0n) is 11.6. The highest BCUT2D eigenvalue weighted by atomic mass is 16.4. The fourth-order valence-corrected chi connectivity index (χ4v) is 2.08. The van der Waals surface area contributed by atoms with Gasteiger partial charge in [0.15, 0.2) is 0 Å². The molecule has 1 aromatic heterocycles. The summed E-state index contributed by atoms with van der Waals surface area (Å²) in [5.41, 5.74) is -0.314. The fourth-order valence-electron chi connectivity index (χ4n) is 2.08. The molecule has 1 unspecified atom stereocenters. The number of rotatable bonds is 7. The van der Waals surface area contributed by atoms with Gasteiger partial charge in [0.25, 0.3) is 0 Å². The van der Waals surface area contributed by atoms with E-state index in [1.807, 2.05) is 13.8 Å². The molecule has 1 heterocycles. The van der Waals surface area contributed by atoms with Crippen LogP contribution >= 0.6 is 0 Å². The van der Waals surface area contributed by atoms with E-state index in [4.69, 9.17) is 5.11 Å². The number of carboxylic acid groups (broad SMARTS) is 1. The summed E-state index contributed by atoms with van der Waals surface area (Å²) in [5.74, 6) is -0.656. The first kappa shape index (κ1) is 15.5. The number of hydrogen-bond donors (Lipinski definition) is 3. The predicted molar refractivity (Wildman–Crippen MR) is 70.8 cm³/mol. The monoisotopic (exact) mass is 267 g/mol. The second kappa shape index (κ2) is 6.58. The third-order valence-electron chi connectivity index (χ3n) is 2.67. The van der Waals surface area contributed by atoms with Crippen molar-refractivity contribution in [2.24, 2.45) is 5.92 Å². The van der Waals surface area contributed by atoms with E-state index in [0.29, 0.717) is 31.1 Å². The molecular formula is C13H21N3O3. The van der Waals surface area contributed by atoms with Gasteiger partial charge in [0.05, 0.1) is 11.3 Å². The Morgan fingerprint density at radius 2 is 2.21 bits per heavy atom. The number of aromatic nitrogens is 2. The fraction of sp³-hybridized carbons (Fsp3) is 0.615. The molecule has 6 nitrogen and oxygen atoms in total. The minimum atomic E-state index is -1.05. The topological polar surface area (TPSA) is 95.3 Å². The maximum Gasteiger partial charge on any atom is 0.339 e. The summed E-state index contributed by atoms with van der Waals surface area (Å²) in [6, 6.07) is 0. The van der Waals surface area contributed by atoms with Crippen LogP contribution in [0.3, 0.4) is 0 Å². The zero-order chi connectivity index (χ0) is 14.5. The lowest BCUT2D eigenvalue weighted by atomic mass is 9.94. The summed E-state index contributed by atoms with van der Waals surface area (Å²) in [6.07, 6.45) is 3.27. The van der Waals surface area contributed by atoms with Crippen LogP contribution in [-0.2, 0) is 6.54 Å². The molecule has 106 valence electrons. The van der Waals surface area contributed by atoms with Gasteiger partial charge in [0, 0.05) is 19.3 Å². The van der Waals surface area contributed by atoms with Crippen LogP contribution in [0.15, 0.2) is 12.5 Å². The number of aliphatic hydroxyl groups is 1. The second-order valence-corrected chi connectivity index (χ2v) is 5.39. The molecule has 1 atom stereocenters. The van der Waals surface area contributed by atoms with Crippen LogP contribution in [0.4, 0.5) is 0 Å². The number of carbonyl (C=O) groups is 1. The van der Waals surface area contributed by atoms with Crippen LogP contribution in [0, 0.1) is 5.92 Å². The van der Waals surface area contributed by atoms with Crippen molar-refractivity contribution in [3.05, 3.63) is 23.8 Å². The Bertz CT molecular complexity index is 433. The van der Waals surface area contributed by atoms with E-state index in [9.17, 15) is 9.90 Å². The lowest BCUT2D eigenvalue weighted by Gasteiger charge is -2.25. The van der Waals surface area contributed by atoms with Gasteiger partial charge >= 0.3 is 5.97 Å². The van der Waals surface area contributed by atoms with Crippen molar-refractivity contribution in [3.63, 3.8) is 0 Å². The molecule has 0 bridgehead atoms. The maximum absolute atomic E-state index is 11.0. The zero-order valence-corrected chi connectivity index (χ0v) is 11.6. The Hall–Kier alpha value is -1.53. The molecule has 3 N–H and O–H groups in total. The van der Waals surface area contributed by atoms with Crippen LogP contribution in [0.1, 0.15) is 43.2 Å². The van der Waals surface area contributed by atoms with Gasteiger partial charge in [-0.25, -0.2) is 14.8 Å². The molecule has 0 radical (unpaired) electrons. The minimum absolute atomic E-state index is 0.0819. The molecule has 0 saturated carbocycles. The maximum atomic E-state index is 11.0. The number of nitrogens with one attached hydrogen (secondary N) is 1. The highest BCUT2D eigenvalue weighted by molar-refractivity contribution is 5.88. The number of carboxylic acids is 1. The van der Waals surface area contributed by atoms with E-state index in [-0.39, 0.29) is 5.56 Å². The van der Waals surface area contributed by atoms with Crippen LogP contribution in [0.5, 0.6) is 0 Å². The molecule has 1 aromatic rings. The molecule has 0 aromatic carbocycles. The Morgan fingerprint density at radius 3 is 2.79 bits per heavy atom. The summed E-state index contributed by atoms with van der Waals surface area (Å²) in [7, 11) is 0. The van der Waals surface area contributed by atoms with Gasteiger partial charge in [0.1, 0.15) is 11.9 Å². The third kappa shape index (κ3) is 5.32. The van der Waals surface area contributed by atoms with E-state index < -0.39 is 11.6 Å². The summed E-state index contributed by atoms with van der Waals surface area (Å²) in [6.45, 7) is 6.52. The van der Waals surface area contributed by atoms with Crippen molar-refractivity contribution in [1.29, 1.82) is 0 Å². The van der Waals surface area contributed by atoms with Crippen molar-refractivity contribution in [1.82, 2.24) is 15.3 Å². The van der Waals surface area contributed by atoms with Gasteiger partial charge in [-0.3, -0.25) is 0 Å². The second-order valence-electron chi connectivity index (χ2n) is 5.39. The largest absolute Gasteiger partial charge is 0.478 e. The van der Waals surface area contributed by atoms with Crippen LogP contribution in [0.25, 0.3) is 0 Å². The van der Waals surface area contributed by atoms with Crippen molar-refractivity contribution in [3.8, 4) is 0 Å². The summed E-state index contributed by atoms with van der Waals surface area (Å²) in [5, 5.41) is 22.2. The molecule has 0 aliphatic carbocycles. The normalized spacial score (nSPS) is 14.4. The van der Waals surface area contributed by atoms with Gasteiger partial charge in [-0.1, -0.05) is 13.8 Å². The van der Waals surface area contributed by atoms with E-state index >= 15 is 0 Å². The molecule has 0 saturated heterocycles. The first-order valence-electron chi connectivity index (χ1n) is 6.27. The quantitative estimate of drug-likeness (QED) is 0.683. The minimum Gasteiger partial charge on any atom is -0.478 e. The van der Waals surface area contributed by atoms with Crippen molar-refractivity contribution in [2.75, 3.05) is 6.54 Å². The number of aromatic carboxylic acids is 1. The first-order valence-corrected chi connectivity index (χ1v) is 6.27. The smallest absolute Gasteiger partial charge is 0.339 e. The van der Waals surface area contributed by atoms with Crippen molar-refractivity contribution in [2.45, 2.75) is 39.3 Å². The first-order chi connectivity index (χ1) is 8.82. The SMILES string of the molecule is CC(C)CC(C)(O)CNCc1ncncc1C(=O)O. The van der Waals surface area contributed by atoms with E-state index in [1.54, 1.807) is 6.92 Å². The summed E-state index contributed by atoms with van der Waals surface area (Å²) < 4.78 is 0. The third-order valence-corrected chi connectivity index (χ3v) is 2.67. The van der Waals surface area contributed by atoms with E-state index in [2.05, 4.69) is 15.3 Å². The summed E-state index contributed by atoms with van der Waals surface area (Å²) >= 11 is 0. The van der Waals surface area contributed by atoms with E-state index in [0.717, 1.165) is 0 Å². The van der Waals surface area contributed by atoms with Crippen LogP contribution < -0.4 is 5.32 Å². The van der Waals surface area contributed by atoms with Gasteiger partial charge in [-0.2, -0.15) is 0 Å². The van der Waals surface area contributed by atoms with Gasteiger partial charge in [-0.15, -0.1) is 0 Å². The molecule has 0 spiro atoms.